The number of hydrogen-bond acceptors (Lipinski definition) is 4. The van der Waals surface area contributed by atoms with Gasteiger partial charge in [0.2, 0.25) is 0 Å². The predicted octanol–water partition coefficient (Wildman–Crippen LogP) is 2.79. The van der Waals surface area contributed by atoms with Gasteiger partial charge in [-0.15, -0.1) is 0 Å². The fourth-order valence-electron chi connectivity index (χ4n) is 2.37. The van der Waals surface area contributed by atoms with E-state index in [-0.39, 0.29) is 5.15 Å². The van der Waals surface area contributed by atoms with Crippen molar-refractivity contribution in [2.45, 2.75) is 26.2 Å². The number of carbonyl (C=O) groups excluding carboxylic acids is 1. The normalized spacial score (nSPS) is 23.6. The average Bonchev–Trinajstić information content (AvgIpc) is 2.72. The lowest BCUT2D eigenvalue weighted by molar-refractivity contribution is 0.112. The SMILES string of the molecule is CC1CCCC1CNc1ncnc(Cl)c1C=O. The summed E-state index contributed by atoms with van der Waals surface area (Å²) in [4.78, 5) is 18.8. The lowest BCUT2D eigenvalue weighted by Crippen LogP contribution is -2.18. The Morgan fingerprint density at radius 2 is 2.35 bits per heavy atom. The minimum atomic E-state index is 0.206. The zero-order chi connectivity index (χ0) is 12.3. The van der Waals surface area contributed by atoms with E-state index in [9.17, 15) is 4.79 Å². The molecule has 1 saturated carbocycles. The highest BCUT2D eigenvalue weighted by molar-refractivity contribution is 6.32. The van der Waals surface area contributed by atoms with Crippen molar-refractivity contribution >= 4 is 23.7 Å². The third-order valence-corrected chi connectivity index (χ3v) is 3.83. The molecule has 0 amide bonds. The van der Waals surface area contributed by atoms with Crippen molar-refractivity contribution in [1.29, 1.82) is 0 Å². The smallest absolute Gasteiger partial charge is 0.156 e. The van der Waals surface area contributed by atoms with Gasteiger partial charge in [-0.3, -0.25) is 4.79 Å². The molecule has 1 aliphatic rings. The van der Waals surface area contributed by atoms with Gasteiger partial charge in [0, 0.05) is 6.54 Å². The van der Waals surface area contributed by atoms with Crippen molar-refractivity contribution in [3.63, 3.8) is 0 Å². The van der Waals surface area contributed by atoms with E-state index in [0.29, 0.717) is 23.6 Å². The summed E-state index contributed by atoms with van der Waals surface area (Å²) in [6, 6.07) is 0. The van der Waals surface area contributed by atoms with Crippen LogP contribution >= 0.6 is 11.6 Å². The molecule has 0 bridgehead atoms. The van der Waals surface area contributed by atoms with E-state index in [1.54, 1.807) is 0 Å². The summed E-state index contributed by atoms with van der Waals surface area (Å²) in [7, 11) is 0. The molecule has 0 aliphatic heterocycles. The lowest BCUT2D eigenvalue weighted by Gasteiger charge is -2.16. The first-order valence-corrected chi connectivity index (χ1v) is 6.29. The van der Waals surface area contributed by atoms with Crippen LogP contribution < -0.4 is 5.32 Å². The summed E-state index contributed by atoms with van der Waals surface area (Å²) >= 11 is 5.83. The van der Waals surface area contributed by atoms with Gasteiger partial charge >= 0.3 is 0 Å². The van der Waals surface area contributed by atoms with Crippen molar-refractivity contribution < 1.29 is 4.79 Å². The summed E-state index contributed by atoms with van der Waals surface area (Å²) in [5.41, 5.74) is 0.347. The van der Waals surface area contributed by atoms with Crippen LogP contribution in [0, 0.1) is 11.8 Å². The third-order valence-electron chi connectivity index (χ3n) is 3.52. The van der Waals surface area contributed by atoms with E-state index < -0.39 is 0 Å². The first-order chi connectivity index (χ1) is 8.22. The summed E-state index contributed by atoms with van der Waals surface area (Å²) in [6.45, 7) is 3.11. The molecule has 0 aromatic carbocycles. The molecule has 1 N–H and O–H groups in total. The highest BCUT2D eigenvalue weighted by Gasteiger charge is 2.23. The Bertz CT molecular complexity index is 411. The number of halogens is 1. The summed E-state index contributed by atoms with van der Waals surface area (Å²) in [5.74, 6) is 1.93. The van der Waals surface area contributed by atoms with Gasteiger partial charge in [-0.05, 0) is 18.3 Å². The maximum Gasteiger partial charge on any atom is 0.156 e. The standard InChI is InChI=1S/C12H16ClN3O/c1-8-3-2-4-9(8)5-14-12-10(6-17)11(13)15-7-16-12/h6-9H,2-5H2,1H3,(H,14,15,16). The second-order valence-corrected chi connectivity index (χ2v) is 4.95. The van der Waals surface area contributed by atoms with Crippen molar-refractivity contribution in [3.05, 3.63) is 17.0 Å². The maximum atomic E-state index is 10.9. The maximum absolute atomic E-state index is 10.9. The highest BCUT2D eigenvalue weighted by Crippen LogP contribution is 2.31. The van der Waals surface area contributed by atoms with Gasteiger partial charge in [-0.2, -0.15) is 0 Å². The Morgan fingerprint density at radius 1 is 1.53 bits per heavy atom. The fourth-order valence-corrected chi connectivity index (χ4v) is 2.55. The Hall–Kier alpha value is -1.16. The zero-order valence-corrected chi connectivity index (χ0v) is 10.6. The first-order valence-electron chi connectivity index (χ1n) is 5.92. The first kappa shape index (κ1) is 12.3. The molecule has 0 spiro atoms. The molecule has 5 heteroatoms. The molecule has 17 heavy (non-hydrogen) atoms. The Kier molecular flexibility index (Phi) is 3.94. The van der Waals surface area contributed by atoms with E-state index >= 15 is 0 Å². The van der Waals surface area contributed by atoms with Gasteiger partial charge < -0.3 is 5.32 Å². The van der Waals surface area contributed by atoms with Crippen LogP contribution in [0.15, 0.2) is 6.33 Å². The van der Waals surface area contributed by atoms with Gasteiger partial charge in [0.15, 0.2) is 6.29 Å². The molecular formula is C12H16ClN3O. The van der Waals surface area contributed by atoms with Crippen molar-refractivity contribution in [1.82, 2.24) is 9.97 Å². The van der Waals surface area contributed by atoms with E-state index in [2.05, 4.69) is 22.2 Å². The number of nitrogens with zero attached hydrogens (tertiary/aromatic N) is 2. The average molecular weight is 254 g/mol. The molecular weight excluding hydrogens is 238 g/mol. The second-order valence-electron chi connectivity index (χ2n) is 4.59. The molecule has 4 nitrogen and oxygen atoms in total. The Balaban J connectivity index is 2.03. The number of anilines is 1. The molecule has 1 aromatic heterocycles. The molecule has 1 aromatic rings. The van der Waals surface area contributed by atoms with E-state index in [1.165, 1.54) is 25.6 Å². The number of aromatic nitrogens is 2. The Morgan fingerprint density at radius 3 is 3.00 bits per heavy atom. The van der Waals surface area contributed by atoms with Gasteiger partial charge in [0.25, 0.3) is 0 Å². The zero-order valence-electron chi connectivity index (χ0n) is 9.82. The van der Waals surface area contributed by atoms with Gasteiger partial charge in [-0.25, -0.2) is 9.97 Å². The minimum absolute atomic E-state index is 0.206. The van der Waals surface area contributed by atoms with E-state index in [1.807, 2.05) is 0 Å². The van der Waals surface area contributed by atoms with E-state index in [0.717, 1.165) is 12.5 Å². The van der Waals surface area contributed by atoms with Crippen LogP contribution in [0.4, 0.5) is 5.82 Å². The minimum Gasteiger partial charge on any atom is -0.369 e. The van der Waals surface area contributed by atoms with Crippen molar-refractivity contribution in [2.24, 2.45) is 11.8 Å². The fraction of sp³-hybridized carbons (Fsp3) is 0.583. The molecule has 1 heterocycles. The number of nitrogens with one attached hydrogen (secondary N) is 1. The molecule has 1 fully saturated rings. The molecule has 0 radical (unpaired) electrons. The van der Waals surface area contributed by atoms with Crippen LogP contribution in [0.5, 0.6) is 0 Å². The van der Waals surface area contributed by atoms with Gasteiger partial charge in [0.1, 0.15) is 17.3 Å². The molecule has 2 rings (SSSR count). The van der Waals surface area contributed by atoms with Crippen molar-refractivity contribution in [3.8, 4) is 0 Å². The highest BCUT2D eigenvalue weighted by atomic mass is 35.5. The number of rotatable bonds is 4. The quantitative estimate of drug-likeness (QED) is 0.662. The number of aldehydes is 1. The molecule has 0 saturated heterocycles. The van der Waals surface area contributed by atoms with Crippen LogP contribution in [0.1, 0.15) is 36.5 Å². The van der Waals surface area contributed by atoms with Crippen LogP contribution in [0.3, 0.4) is 0 Å². The summed E-state index contributed by atoms with van der Waals surface area (Å²) in [5, 5.41) is 3.42. The number of hydrogen-bond donors (Lipinski definition) is 1. The van der Waals surface area contributed by atoms with Gasteiger partial charge in [-0.1, -0.05) is 31.4 Å². The molecule has 92 valence electrons. The Labute approximate surface area is 106 Å². The third kappa shape index (κ3) is 2.75. The predicted molar refractivity (Wildman–Crippen MR) is 67.4 cm³/mol. The second kappa shape index (κ2) is 5.45. The monoisotopic (exact) mass is 253 g/mol. The van der Waals surface area contributed by atoms with Crippen LogP contribution in [0.2, 0.25) is 5.15 Å². The summed E-state index contributed by atoms with van der Waals surface area (Å²) in [6.07, 6.45) is 5.89. The largest absolute Gasteiger partial charge is 0.369 e. The molecule has 2 atom stereocenters. The van der Waals surface area contributed by atoms with Gasteiger partial charge in [0.05, 0.1) is 5.56 Å². The molecule has 2 unspecified atom stereocenters. The van der Waals surface area contributed by atoms with Crippen LogP contribution in [0.25, 0.3) is 0 Å². The topological polar surface area (TPSA) is 54.9 Å². The molecule has 1 aliphatic carbocycles. The lowest BCUT2D eigenvalue weighted by atomic mass is 9.98. The summed E-state index contributed by atoms with van der Waals surface area (Å²) < 4.78 is 0. The van der Waals surface area contributed by atoms with Crippen molar-refractivity contribution in [2.75, 3.05) is 11.9 Å². The number of carbonyl (C=O) groups is 1. The van der Waals surface area contributed by atoms with E-state index in [4.69, 9.17) is 11.6 Å². The van der Waals surface area contributed by atoms with Crippen LogP contribution in [-0.4, -0.2) is 22.8 Å². The van der Waals surface area contributed by atoms with Crippen LogP contribution in [-0.2, 0) is 0 Å².